The lowest BCUT2D eigenvalue weighted by molar-refractivity contribution is 0.630. The van der Waals surface area contributed by atoms with E-state index >= 15 is 0 Å². The normalized spacial score (nSPS) is 14.5. The fourth-order valence-electron chi connectivity index (χ4n) is 3.71. The highest BCUT2D eigenvalue weighted by molar-refractivity contribution is 7.07. The third kappa shape index (κ3) is 3.09. The summed E-state index contributed by atoms with van der Waals surface area (Å²) in [6.07, 6.45) is 2.33. The molecule has 2 aromatic heterocycles. The molecule has 146 valence electrons. The average Bonchev–Trinajstić information content (AvgIpc) is 3.47. The SMILES string of the molecule is Cc1c(-n2c(C3CC3)csc2=Nc2ccccc2)c(=O)n(-c2ccccc2)n1C. The lowest BCUT2D eigenvalue weighted by Gasteiger charge is -2.07. The van der Waals surface area contributed by atoms with Crippen LogP contribution in [0.15, 0.2) is 75.8 Å². The van der Waals surface area contributed by atoms with Gasteiger partial charge in [0.1, 0.15) is 5.69 Å². The highest BCUT2D eigenvalue weighted by Crippen LogP contribution is 2.41. The number of para-hydroxylation sites is 2. The van der Waals surface area contributed by atoms with Crippen LogP contribution in [0.1, 0.15) is 30.1 Å². The molecule has 0 saturated heterocycles. The summed E-state index contributed by atoms with van der Waals surface area (Å²) in [6, 6.07) is 19.7. The quantitative estimate of drug-likeness (QED) is 0.497. The van der Waals surface area contributed by atoms with Gasteiger partial charge in [0.15, 0.2) is 4.80 Å². The molecule has 6 heteroatoms. The Hall–Kier alpha value is -3.12. The second-order valence-corrected chi connectivity index (χ2v) is 8.25. The topological polar surface area (TPSA) is 44.2 Å². The summed E-state index contributed by atoms with van der Waals surface area (Å²) in [5.41, 5.74) is 4.53. The number of nitrogens with zero attached hydrogens (tertiary/aromatic N) is 4. The van der Waals surface area contributed by atoms with Gasteiger partial charge in [-0.3, -0.25) is 14.0 Å². The van der Waals surface area contributed by atoms with E-state index in [0.29, 0.717) is 11.6 Å². The first-order valence-corrected chi connectivity index (χ1v) is 10.7. The zero-order chi connectivity index (χ0) is 20.0. The first-order chi connectivity index (χ1) is 14.1. The molecule has 0 aliphatic heterocycles. The zero-order valence-corrected chi connectivity index (χ0v) is 17.3. The Labute approximate surface area is 172 Å². The van der Waals surface area contributed by atoms with Gasteiger partial charge >= 0.3 is 0 Å². The lowest BCUT2D eigenvalue weighted by Crippen LogP contribution is -2.25. The molecule has 0 spiro atoms. The standard InChI is InChI=1S/C23H22N4OS/c1-16-21(22(28)27(25(16)2)19-11-7-4-8-12-19)26-20(17-13-14-17)15-29-23(26)24-18-9-5-3-6-10-18/h3-12,15,17H,13-14H2,1-2H3. The van der Waals surface area contributed by atoms with Crippen LogP contribution in [0.25, 0.3) is 11.4 Å². The molecule has 0 unspecified atom stereocenters. The first kappa shape index (κ1) is 17.9. The summed E-state index contributed by atoms with van der Waals surface area (Å²) >= 11 is 1.60. The summed E-state index contributed by atoms with van der Waals surface area (Å²) in [5, 5.41) is 2.16. The van der Waals surface area contributed by atoms with E-state index in [9.17, 15) is 4.79 Å². The zero-order valence-electron chi connectivity index (χ0n) is 16.4. The molecule has 0 radical (unpaired) electrons. The van der Waals surface area contributed by atoms with Crippen molar-refractivity contribution in [2.45, 2.75) is 25.7 Å². The van der Waals surface area contributed by atoms with Crippen molar-refractivity contribution in [2.75, 3.05) is 0 Å². The predicted molar refractivity (Wildman–Crippen MR) is 117 cm³/mol. The number of benzene rings is 2. The fraction of sp³-hybridized carbons (Fsp3) is 0.217. The maximum Gasteiger partial charge on any atom is 0.296 e. The molecular formula is C23H22N4OS. The van der Waals surface area contributed by atoms with Crippen LogP contribution in [0.4, 0.5) is 5.69 Å². The Bertz CT molecular complexity index is 1290. The van der Waals surface area contributed by atoms with Crippen molar-refractivity contribution in [3.05, 3.63) is 92.6 Å². The van der Waals surface area contributed by atoms with E-state index in [0.717, 1.165) is 21.9 Å². The first-order valence-electron chi connectivity index (χ1n) is 9.80. The van der Waals surface area contributed by atoms with Crippen molar-refractivity contribution < 1.29 is 0 Å². The van der Waals surface area contributed by atoms with Crippen LogP contribution < -0.4 is 10.4 Å². The van der Waals surface area contributed by atoms with Gasteiger partial charge in [-0.1, -0.05) is 36.4 Å². The molecule has 5 nitrogen and oxygen atoms in total. The maximum atomic E-state index is 13.6. The second kappa shape index (κ2) is 7.04. The molecule has 5 rings (SSSR count). The third-order valence-corrected chi connectivity index (χ3v) is 6.30. The van der Waals surface area contributed by atoms with Gasteiger partial charge in [-0.25, -0.2) is 9.67 Å². The molecular weight excluding hydrogens is 380 g/mol. The van der Waals surface area contributed by atoms with Crippen LogP contribution in [-0.2, 0) is 7.05 Å². The van der Waals surface area contributed by atoms with Gasteiger partial charge in [0.05, 0.1) is 17.1 Å². The molecule has 1 aliphatic rings. The predicted octanol–water partition coefficient (Wildman–Crippen LogP) is 4.45. The van der Waals surface area contributed by atoms with Gasteiger partial charge in [-0.2, -0.15) is 0 Å². The van der Waals surface area contributed by atoms with Crippen molar-refractivity contribution >= 4 is 17.0 Å². The molecule has 0 amide bonds. The van der Waals surface area contributed by atoms with Crippen LogP contribution in [-0.4, -0.2) is 13.9 Å². The van der Waals surface area contributed by atoms with Crippen LogP contribution >= 0.6 is 11.3 Å². The Morgan fingerprint density at radius 2 is 1.66 bits per heavy atom. The minimum atomic E-state index is -0.0222. The smallest absolute Gasteiger partial charge is 0.283 e. The van der Waals surface area contributed by atoms with Crippen molar-refractivity contribution in [2.24, 2.45) is 12.0 Å². The van der Waals surface area contributed by atoms with E-state index in [1.54, 1.807) is 16.0 Å². The van der Waals surface area contributed by atoms with Crippen LogP contribution in [0.3, 0.4) is 0 Å². The Morgan fingerprint density at radius 1 is 1.00 bits per heavy atom. The van der Waals surface area contributed by atoms with Crippen molar-refractivity contribution in [1.82, 2.24) is 13.9 Å². The van der Waals surface area contributed by atoms with E-state index in [-0.39, 0.29) is 5.56 Å². The summed E-state index contributed by atoms with van der Waals surface area (Å²) in [5.74, 6) is 0.509. The molecule has 2 heterocycles. The fourth-order valence-corrected chi connectivity index (χ4v) is 4.70. The number of thiazole rings is 1. The van der Waals surface area contributed by atoms with Gasteiger partial charge in [0.25, 0.3) is 5.56 Å². The second-order valence-electron chi connectivity index (χ2n) is 7.41. The number of aromatic nitrogens is 3. The Balaban J connectivity index is 1.78. The van der Waals surface area contributed by atoms with E-state index in [2.05, 4.69) is 9.95 Å². The minimum Gasteiger partial charge on any atom is -0.283 e. The monoisotopic (exact) mass is 402 g/mol. The van der Waals surface area contributed by atoms with E-state index in [4.69, 9.17) is 4.99 Å². The van der Waals surface area contributed by atoms with E-state index < -0.39 is 0 Å². The van der Waals surface area contributed by atoms with Crippen LogP contribution in [0.2, 0.25) is 0 Å². The molecule has 2 aromatic carbocycles. The number of hydrogen-bond donors (Lipinski definition) is 0. The van der Waals surface area contributed by atoms with Crippen molar-refractivity contribution in [3.63, 3.8) is 0 Å². The molecule has 0 N–H and O–H groups in total. The van der Waals surface area contributed by atoms with E-state index in [1.807, 2.05) is 79.3 Å². The average molecular weight is 403 g/mol. The summed E-state index contributed by atoms with van der Waals surface area (Å²) in [4.78, 5) is 19.3. The molecule has 1 saturated carbocycles. The molecule has 1 fully saturated rings. The number of rotatable bonds is 4. The van der Waals surface area contributed by atoms with Crippen molar-refractivity contribution in [1.29, 1.82) is 0 Å². The molecule has 0 atom stereocenters. The van der Waals surface area contributed by atoms with Gasteiger partial charge in [-0.05, 0) is 44.0 Å². The van der Waals surface area contributed by atoms with Crippen LogP contribution in [0, 0.1) is 6.92 Å². The number of hydrogen-bond acceptors (Lipinski definition) is 3. The van der Waals surface area contributed by atoms with Crippen molar-refractivity contribution in [3.8, 4) is 11.4 Å². The Morgan fingerprint density at radius 3 is 2.31 bits per heavy atom. The minimum absolute atomic E-state index is 0.0222. The summed E-state index contributed by atoms with van der Waals surface area (Å²) < 4.78 is 5.76. The molecule has 4 aromatic rings. The maximum absolute atomic E-state index is 13.6. The molecule has 29 heavy (non-hydrogen) atoms. The highest BCUT2D eigenvalue weighted by Gasteiger charge is 2.30. The van der Waals surface area contributed by atoms with Gasteiger partial charge in [0, 0.05) is 24.0 Å². The lowest BCUT2D eigenvalue weighted by atomic mass is 10.3. The highest BCUT2D eigenvalue weighted by atomic mass is 32.1. The summed E-state index contributed by atoms with van der Waals surface area (Å²) in [6.45, 7) is 2.00. The summed E-state index contributed by atoms with van der Waals surface area (Å²) in [7, 11) is 1.94. The van der Waals surface area contributed by atoms with Gasteiger partial charge in [-0.15, -0.1) is 11.3 Å². The van der Waals surface area contributed by atoms with Crippen LogP contribution in [0.5, 0.6) is 0 Å². The van der Waals surface area contributed by atoms with Gasteiger partial charge < -0.3 is 0 Å². The Kier molecular flexibility index (Phi) is 4.36. The molecule has 0 bridgehead atoms. The third-order valence-electron chi connectivity index (χ3n) is 5.46. The van der Waals surface area contributed by atoms with E-state index in [1.165, 1.54) is 18.5 Å². The molecule has 1 aliphatic carbocycles. The largest absolute Gasteiger partial charge is 0.296 e. The van der Waals surface area contributed by atoms with Gasteiger partial charge in [0.2, 0.25) is 0 Å².